The summed E-state index contributed by atoms with van der Waals surface area (Å²) >= 11 is 0. The Hall–Kier alpha value is -1.63. The topological polar surface area (TPSA) is 58.1 Å². The molecule has 0 spiro atoms. The van der Waals surface area contributed by atoms with Crippen LogP contribution in [-0.4, -0.2) is 63.0 Å². The van der Waals surface area contributed by atoms with E-state index in [4.69, 9.17) is 14.5 Å². The molecule has 6 heteroatoms. The first kappa shape index (κ1) is 24.0. The van der Waals surface area contributed by atoms with E-state index in [9.17, 15) is 0 Å². The molecule has 2 saturated heterocycles. The molecule has 2 fully saturated rings. The van der Waals surface area contributed by atoms with E-state index >= 15 is 0 Å². The van der Waals surface area contributed by atoms with E-state index in [2.05, 4.69) is 53.6 Å². The van der Waals surface area contributed by atoms with Crippen LogP contribution >= 0.6 is 0 Å². The summed E-state index contributed by atoms with van der Waals surface area (Å²) in [7, 11) is 0. The highest BCUT2D eigenvalue weighted by atomic mass is 16.5. The summed E-state index contributed by atoms with van der Waals surface area (Å²) in [5, 5.41) is 6.82. The SMILES string of the molecule is CCNC(=NCc1ccccc1CN1CCCCC1C)NCCCOCC1CCOC1. The normalized spacial score (nSPS) is 22.6. The second kappa shape index (κ2) is 13.7. The molecule has 0 radical (unpaired) electrons. The fraction of sp³-hybridized carbons (Fsp3) is 0.720. The van der Waals surface area contributed by atoms with E-state index in [0.29, 0.717) is 18.5 Å². The van der Waals surface area contributed by atoms with Crippen LogP contribution in [0.25, 0.3) is 0 Å². The zero-order valence-corrected chi connectivity index (χ0v) is 19.6. The Kier molecular flexibility index (Phi) is 10.6. The summed E-state index contributed by atoms with van der Waals surface area (Å²) in [6.45, 7) is 12.5. The molecule has 1 aromatic carbocycles. The smallest absolute Gasteiger partial charge is 0.191 e. The van der Waals surface area contributed by atoms with Gasteiger partial charge in [0.15, 0.2) is 5.96 Å². The Balaban J connectivity index is 1.44. The molecule has 0 bridgehead atoms. The minimum absolute atomic E-state index is 0.583. The number of likely N-dealkylation sites (tertiary alicyclic amines) is 1. The molecule has 2 aliphatic rings. The Labute approximate surface area is 188 Å². The van der Waals surface area contributed by atoms with Crippen LogP contribution in [-0.2, 0) is 22.6 Å². The highest BCUT2D eigenvalue weighted by molar-refractivity contribution is 5.79. The minimum Gasteiger partial charge on any atom is -0.381 e. The van der Waals surface area contributed by atoms with Crippen molar-refractivity contribution in [2.45, 2.75) is 65.1 Å². The second-order valence-corrected chi connectivity index (χ2v) is 8.86. The molecule has 2 aliphatic heterocycles. The van der Waals surface area contributed by atoms with Crippen LogP contribution in [0.2, 0.25) is 0 Å². The van der Waals surface area contributed by atoms with E-state index in [1.54, 1.807) is 0 Å². The largest absolute Gasteiger partial charge is 0.381 e. The molecule has 6 nitrogen and oxygen atoms in total. The molecule has 0 aromatic heterocycles. The van der Waals surface area contributed by atoms with Gasteiger partial charge in [0.2, 0.25) is 0 Å². The highest BCUT2D eigenvalue weighted by Crippen LogP contribution is 2.21. The molecular weight excluding hydrogens is 388 g/mol. The summed E-state index contributed by atoms with van der Waals surface area (Å²) in [6.07, 6.45) is 6.10. The second-order valence-electron chi connectivity index (χ2n) is 8.86. The van der Waals surface area contributed by atoms with Crippen LogP contribution in [0, 0.1) is 5.92 Å². The van der Waals surface area contributed by atoms with Crippen molar-refractivity contribution in [3.05, 3.63) is 35.4 Å². The maximum atomic E-state index is 5.80. The average Bonchev–Trinajstić information content (AvgIpc) is 3.30. The predicted octanol–water partition coefficient (Wildman–Crippen LogP) is 3.56. The zero-order valence-electron chi connectivity index (χ0n) is 19.6. The molecule has 174 valence electrons. The number of guanidine groups is 1. The zero-order chi connectivity index (χ0) is 21.7. The molecule has 3 rings (SSSR count). The average molecular weight is 431 g/mol. The van der Waals surface area contributed by atoms with Gasteiger partial charge in [-0.3, -0.25) is 4.90 Å². The van der Waals surface area contributed by atoms with Gasteiger partial charge in [-0.25, -0.2) is 4.99 Å². The van der Waals surface area contributed by atoms with Crippen molar-refractivity contribution in [3.63, 3.8) is 0 Å². The number of hydrogen-bond donors (Lipinski definition) is 2. The number of nitrogens with one attached hydrogen (secondary N) is 2. The summed E-state index contributed by atoms with van der Waals surface area (Å²) in [6, 6.07) is 9.43. The van der Waals surface area contributed by atoms with Gasteiger partial charge in [0.05, 0.1) is 19.8 Å². The van der Waals surface area contributed by atoms with E-state index in [1.165, 1.54) is 36.9 Å². The van der Waals surface area contributed by atoms with Gasteiger partial charge in [-0.15, -0.1) is 0 Å². The quantitative estimate of drug-likeness (QED) is 0.319. The number of aliphatic imine (C=N–C) groups is 1. The fourth-order valence-corrected chi connectivity index (χ4v) is 4.33. The third-order valence-electron chi connectivity index (χ3n) is 6.32. The molecule has 1 aromatic rings. The Morgan fingerprint density at radius 2 is 2.06 bits per heavy atom. The Morgan fingerprint density at radius 3 is 2.84 bits per heavy atom. The number of benzene rings is 1. The first-order chi connectivity index (χ1) is 15.3. The number of nitrogens with zero attached hydrogens (tertiary/aromatic N) is 2. The van der Waals surface area contributed by atoms with Crippen molar-refractivity contribution in [1.82, 2.24) is 15.5 Å². The van der Waals surface area contributed by atoms with E-state index < -0.39 is 0 Å². The lowest BCUT2D eigenvalue weighted by molar-refractivity contribution is 0.0888. The van der Waals surface area contributed by atoms with Crippen molar-refractivity contribution < 1.29 is 9.47 Å². The third-order valence-corrected chi connectivity index (χ3v) is 6.32. The van der Waals surface area contributed by atoms with Gasteiger partial charge in [0, 0.05) is 44.8 Å². The van der Waals surface area contributed by atoms with Crippen LogP contribution in [0.1, 0.15) is 57.1 Å². The number of hydrogen-bond acceptors (Lipinski definition) is 4. The molecule has 0 saturated carbocycles. The Bertz CT molecular complexity index is 661. The summed E-state index contributed by atoms with van der Waals surface area (Å²) in [4.78, 5) is 7.47. The molecular formula is C25H42N4O2. The first-order valence-corrected chi connectivity index (χ1v) is 12.2. The molecule has 0 amide bonds. The van der Waals surface area contributed by atoms with E-state index in [0.717, 1.165) is 64.9 Å². The maximum Gasteiger partial charge on any atom is 0.191 e. The molecule has 2 unspecified atom stereocenters. The fourth-order valence-electron chi connectivity index (χ4n) is 4.33. The minimum atomic E-state index is 0.583. The van der Waals surface area contributed by atoms with Gasteiger partial charge in [0.1, 0.15) is 0 Å². The number of ether oxygens (including phenoxy) is 2. The summed E-state index contributed by atoms with van der Waals surface area (Å²) < 4.78 is 11.2. The van der Waals surface area contributed by atoms with Crippen molar-refractivity contribution in [2.75, 3.05) is 46.1 Å². The highest BCUT2D eigenvalue weighted by Gasteiger charge is 2.19. The maximum absolute atomic E-state index is 5.80. The summed E-state index contributed by atoms with van der Waals surface area (Å²) in [5.41, 5.74) is 2.72. The molecule has 2 heterocycles. The van der Waals surface area contributed by atoms with Gasteiger partial charge < -0.3 is 20.1 Å². The van der Waals surface area contributed by atoms with Crippen molar-refractivity contribution >= 4 is 5.96 Å². The van der Waals surface area contributed by atoms with Crippen molar-refractivity contribution in [2.24, 2.45) is 10.9 Å². The van der Waals surface area contributed by atoms with E-state index in [-0.39, 0.29) is 0 Å². The molecule has 31 heavy (non-hydrogen) atoms. The van der Waals surface area contributed by atoms with Crippen LogP contribution in [0.4, 0.5) is 0 Å². The van der Waals surface area contributed by atoms with Gasteiger partial charge >= 0.3 is 0 Å². The number of piperidine rings is 1. The lowest BCUT2D eigenvalue weighted by atomic mass is 10.0. The van der Waals surface area contributed by atoms with Crippen molar-refractivity contribution in [3.8, 4) is 0 Å². The van der Waals surface area contributed by atoms with Gasteiger partial charge in [-0.2, -0.15) is 0 Å². The van der Waals surface area contributed by atoms with Crippen molar-refractivity contribution in [1.29, 1.82) is 0 Å². The van der Waals surface area contributed by atoms with Crippen LogP contribution in [0.3, 0.4) is 0 Å². The van der Waals surface area contributed by atoms with Crippen LogP contribution < -0.4 is 10.6 Å². The van der Waals surface area contributed by atoms with Crippen LogP contribution in [0.15, 0.2) is 29.3 Å². The number of rotatable bonds is 11. The lowest BCUT2D eigenvalue weighted by Gasteiger charge is -2.33. The molecule has 2 N–H and O–H groups in total. The van der Waals surface area contributed by atoms with Gasteiger partial charge in [0.25, 0.3) is 0 Å². The lowest BCUT2D eigenvalue weighted by Crippen LogP contribution is -2.38. The Morgan fingerprint density at radius 1 is 1.19 bits per heavy atom. The summed E-state index contributed by atoms with van der Waals surface area (Å²) in [5.74, 6) is 1.47. The van der Waals surface area contributed by atoms with Gasteiger partial charge in [-0.05, 0) is 57.2 Å². The first-order valence-electron chi connectivity index (χ1n) is 12.2. The standard InChI is InChI=1S/C25H42N4O2/c1-3-26-25(27-13-8-15-30-19-22-12-16-31-20-22)28-17-23-10-4-5-11-24(23)18-29-14-7-6-9-21(29)2/h4-5,10-11,21-22H,3,6-9,12-20H2,1-2H3,(H2,26,27,28). The van der Waals surface area contributed by atoms with E-state index in [1.807, 2.05) is 0 Å². The monoisotopic (exact) mass is 430 g/mol. The molecule has 2 atom stereocenters. The third kappa shape index (κ3) is 8.43. The predicted molar refractivity (Wildman–Crippen MR) is 127 cm³/mol. The van der Waals surface area contributed by atoms with Gasteiger partial charge in [-0.1, -0.05) is 30.7 Å². The van der Waals surface area contributed by atoms with Crippen LogP contribution in [0.5, 0.6) is 0 Å². The molecule has 0 aliphatic carbocycles.